The maximum Gasteiger partial charge on any atom is 0.254 e. The van der Waals surface area contributed by atoms with E-state index >= 15 is 0 Å². The SMILES string of the molecule is COc1cccc(N2CCN(C(=O)Cn3cnc(-c4ccccc4)cc3=O)CC2)c1. The molecule has 0 saturated carbocycles. The van der Waals surface area contributed by atoms with Crippen LogP contribution in [0.1, 0.15) is 0 Å². The fraction of sp³-hybridized carbons (Fsp3) is 0.261. The van der Waals surface area contributed by atoms with Gasteiger partial charge < -0.3 is 14.5 Å². The molecule has 0 radical (unpaired) electrons. The summed E-state index contributed by atoms with van der Waals surface area (Å²) < 4.78 is 6.65. The summed E-state index contributed by atoms with van der Waals surface area (Å²) in [6.07, 6.45) is 1.45. The van der Waals surface area contributed by atoms with E-state index < -0.39 is 0 Å². The van der Waals surface area contributed by atoms with E-state index in [1.54, 1.807) is 12.0 Å². The molecule has 4 rings (SSSR count). The largest absolute Gasteiger partial charge is 0.497 e. The third-order valence-electron chi connectivity index (χ3n) is 5.31. The second kappa shape index (κ2) is 8.82. The van der Waals surface area contributed by atoms with Crippen molar-refractivity contribution < 1.29 is 9.53 Å². The highest BCUT2D eigenvalue weighted by atomic mass is 16.5. The van der Waals surface area contributed by atoms with Crippen molar-refractivity contribution in [3.8, 4) is 17.0 Å². The first-order valence-corrected chi connectivity index (χ1v) is 9.93. The summed E-state index contributed by atoms with van der Waals surface area (Å²) in [5.41, 5.74) is 2.34. The van der Waals surface area contributed by atoms with Crippen molar-refractivity contribution in [2.45, 2.75) is 6.54 Å². The Bertz CT molecular complexity index is 1070. The molecule has 154 valence electrons. The Hall–Kier alpha value is -3.61. The maximum atomic E-state index is 12.7. The van der Waals surface area contributed by atoms with Crippen molar-refractivity contribution in [2.75, 3.05) is 38.2 Å². The molecule has 1 saturated heterocycles. The minimum Gasteiger partial charge on any atom is -0.497 e. The Labute approximate surface area is 175 Å². The molecule has 2 aromatic carbocycles. The highest BCUT2D eigenvalue weighted by Crippen LogP contribution is 2.22. The monoisotopic (exact) mass is 404 g/mol. The van der Waals surface area contributed by atoms with Crippen LogP contribution in [0.15, 0.2) is 71.8 Å². The Morgan fingerprint density at radius 2 is 1.77 bits per heavy atom. The van der Waals surface area contributed by atoms with E-state index in [0.29, 0.717) is 18.8 Å². The van der Waals surface area contributed by atoms with E-state index in [-0.39, 0.29) is 18.0 Å². The lowest BCUT2D eigenvalue weighted by Gasteiger charge is -2.36. The summed E-state index contributed by atoms with van der Waals surface area (Å²) in [7, 11) is 1.65. The van der Waals surface area contributed by atoms with Crippen LogP contribution in [0, 0.1) is 0 Å². The molecule has 0 N–H and O–H groups in total. The van der Waals surface area contributed by atoms with Crippen LogP contribution in [0.5, 0.6) is 5.75 Å². The number of rotatable bonds is 5. The van der Waals surface area contributed by atoms with Crippen molar-refractivity contribution >= 4 is 11.6 Å². The number of nitrogens with zero attached hydrogens (tertiary/aromatic N) is 4. The van der Waals surface area contributed by atoms with Crippen molar-refractivity contribution in [3.63, 3.8) is 0 Å². The Morgan fingerprint density at radius 1 is 1.00 bits per heavy atom. The van der Waals surface area contributed by atoms with Crippen molar-refractivity contribution in [2.24, 2.45) is 0 Å². The van der Waals surface area contributed by atoms with Crippen LogP contribution in [-0.2, 0) is 11.3 Å². The summed E-state index contributed by atoms with van der Waals surface area (Å²) in [5.74, 6) is 0.744. The zero-order valence-corrected chi connectivity index (χ0v) is 16.9. The molecule has 1 fully saturated rings. The maximum absolute atomic E-state index is 12.7. The summed E-state index contributed by atoms with van der Waals surface area (Å²) in [6.45, 7) is 2.69. The Kier molecular flexibility index (Phi) is 5.79. The molecule has 0 unspecified atom stereocenters. The predicted molar refractivity (Wildman–Crippen MR) is 116 cm³/mol. The van der Waals surface area contributed by atoms with Crippen LogP contribution in [-0.4, -0.2) is 53.6 Å². The highest BCUT2D eigenvalue weighted by Gasteiger charge is 2.22. The van der Waals surface area contributed by atoms with Gasteiger partial charge in [-0.2, -0.15) is 0 Å². The number of aromatic nitrogens is 2. The third kappa shape index (κ3) is 4.35. The summed E-state index contributed by atoms with van der Waals surface area (Å²) >= 11 is 0. The van der Waals surface area contributed by atoms with Gasteiger partial charge in [0.25, 0.3) is 5.56 Å². The van der Waals surface area contributed by atoms with Gasteiger partial charge in [-0.05, 0) is 12.1 Å². The van der Waals surface area contributed by atoms with Gasteiger partial charge in [-0.3, -0.25) is 14.2 Å². The van der Waals surface area contributed by atoms with E-state index in [1.807, 2.05) is 54.6 Å². The molecule has 1 aliphatic heterocycles. The first kappa shape index (κ1) is 19.7. The second-order valence-electron chi connectivity index (χ2n) is 7.18. The Balaban J connectivity index is 1.37. The summed E-state index contributed by atoms with van der Waals surface area (Å²) in [6, 6.07) is 18.9. The second-order valence-corrected chi connectivity index (χ2v) is 7.18. The van der Waals surface area contributed by atoms with E-state index in [1.165, 1.54) is 17.0 Å². The summed E-state index contributed by atoms with van der Waals surface area (Å²) in [4.78, 5) is 33.6. The molecular weight excluding hydrogens is 380 g/mol. The lowest BCUT2D eigenvalue weighted by Crippen LogP contribution is -2.50. The fourth-order valence-corrected chi connectivity index (χ4v) is 3.58. The van der Waals surface area contributed by atoms with E-state index in [2.05, 4.69) is 9.88 Å². The molecular formula is C23H24N4O3. The zero-order chi connectivity index (χ0) is 20.9. The average Bonchev–Trinajstić information content (AvgIpc) is 2.81. The molecule has 0 atom stereocenters. The van der Waals surface area contributed by atoms with E-state index in [9.17, 15) is 9.59 Å². The van der Waals surface area contributed by atoms with Gasteiger partial charge in [0.15, 0.2) is 0 Å². The zero-order valence-electron chi connectivity index (χ0n) is 16.9. The molecule has 1 amide bonds. The minimum absolute atomic E-state index is 0.0000624. The average molecular weight is 404 g/mol. The van der Waals surface area contributed by atoms with Gasteiger partial charge in [-0.1, -0.05) is 36.4 Å². The third-order valence-corrected chi connectivity index (χ3v) is 5.31. The lowest BCUT2D eigenvalue weighted by molar-refractivity contribution is -0.132. The van der Waals surface area contributed by atoms with Crippen molar-refractivity contribution in [3.05, 3.63) is 77.3 Å². The molecule has 0 spiro atoms. The fourth-order valence-electron chi connectivity index (χ4n) is 3.58. The molecule has 0 bridgehead atoms. The van der Waals surface area contributed by atoms with Gasteiger partial charge in [0.2, 0.25) is 5.91 Å². The number of carbonyl (C=O) groups excluding carboxylic acids is 1. The molecule has 1 aliphatic rings. The van der Waals surface area contributed by atoms with Gasteiger partial charge in [-0.25, -0.2) is 4.98 Å². The van der Waals surface area contributed by atoms with Crippen LogP contribution >= 0.6 is 0 Å². The highest BCUT2D eigenvalue weighted by molar-refractivity contribution is 5.76. The number of hydrogen-bond acceptors (Lipinski definition) is 5. The first-order chi connectivity index (χ1) is 14.6. The molecule has 2 heterocycles. The quantitative estimate of drug-likeness (QED) is 0.653. The number of hydrogen-bond donors (Lipinski definition) is 0. The molecule has 7 heteroatoms. The number of ether oxygens (including phenoxy) is 1. The predicted octanol–water partition coefficient (Wildman–Crippen LogP) is 2.27. The minimum atomic E-state index is -0.229. The topological polar surface area (TPSA) is 67.7 Å². The van der Waals surface area contributed by atoms with Crippen LogP contribution in [0.3, 0.4) is 0 Å². The van der Waals surface area contributed by atoms with Gasteiger partial charge in [-0.15, -0.1) is 0 Å². The Morgan fingerprint density at radius 3 is 2.47 bits per heavy atom. The van der Waals surface area contributed by atoms with Gasteiger partial charge >= 0.3 is 0 Å². The number of amides is 1. The van der Waals surface area contributed by atoms with Gasteiger partial charge in [0.05, 0.1) is 19.1 Å². The molecule has 3 aromatic rings. The number of piperazine rings is 1. The van der Waals surface area contributed by atoms with Crippen LogP contribution < -0.4 is 15.2 Å². The smallest absolute Gasteiger partial charge is 0.254 e. The van der Waals surface area contributed by atoms with Crippen molar-refractivity contribution in [1.82, 2.24) is 14.5 Å². The number of methoxy groups -OCH3 is 1. The number of anilines is 1. The normalized spacial score (nSPS) is 13.9. The van der Waals surface area contributed by atoms with Gasteiger partial charge in [0, 0.05) is 49.6 Å². The van der Waals surface area contributed by atoms with Crippen LogP contribution in [0.25, 0.3) is 11.3 Å². The first-order valence-electron chi connectivity index (χ1n) is 9.93. The van der Waals surface area contributed by atoms with Crippen LogP contribution in [0.4, 0.5) is 5.69 Å². The van der Waals surface area contributed by atoms with E-state index in [4.69, 9.17) is 4.74 Å². The molecule has 1 aromatic heterocycles. The molecule has 0 aliphatic carbocycles. The van der Waals surface area contributed by atoms with Crippen LogP contribution in [0.2, 0.25) is 0 Å². The number of carbonyl (C=O) groups is 1. The number of benzene rings is 2. The van der Waals surface area contributed by atoms with E-state index in [0.717, 1.165) is 30.1 Å². The van der Waals surface area contributed by atoms with Gasteiger partial charge in [0.1, 0.15) is 12.3 Å². The van der Waals surface area contributed by atoms with Crippen molar-refractivity contribution in [1.29, 1.82) is 0 Å². The lowest BCUT2D eigenvalue weighted by atomic mass is 10.1. The standard InChI is InChI=1S/C23H24N4O3/c1-30-20-9-5-8-19(14-20)25-10-12-26(13-11-25)23(29)16-27-17-24-21(15-22(27)28)18-6-3-2-4-7-18/h2-9,14-15,17H,10-13,16H2,1H3. The molecule has 30 heavy (non-hydrogen) atoms. The summed E-state index contributed by atoms with van der Waals surface area (Å²) in [5, 5.41) is 0. The molecule has 7 nitrogen and oxygen atoms in total.